The number of nitrogens with one attached hydrogen (secondary N) is 2. The number of benzene rings is 2. The lowest BCUT2D eigenvalue weighted by Gasteiger charge is -2.07. The number of sulfonamides is 1. The molecule has 0 aliphatic rings. The maximum atomic E-state index is 12.1. The van der Waals surface area contributed by atoms with E-state index in [0.717, 1.165) is 16.7 Å². The third-order valence-electron chi connectivity index (χ3n) is 3.89. The molecule has 0 saturated heterocycles. The van der Waals surface area contributed by atoms with Gasteiger partial charge in [-0.2, -0.15) is 0 Å². The van der Waals surface area contributed by atoms with Gasteiger partial charge in [0.05, 0.1) is 4.90 Å². The Bertz CT molecular complexity index is 901. The molecule has 5 nitrogen and oxygen atoms in total. The largest absolute Gasteiger partial charge is 0.351 e. The summed E-state index contributed by atoms with van der Waals surface area (Å²) >= 11 is 0. The molecule has 2 aromatic rings. The van der Waals surface area contributed by atoms with E-state index in [9.17, 15) is 13.2 Å². The number of hydrogen-bond donors (Lipinski definition) is 2. The van der Waals surface area contributed by atoms with E-state index in [1.54, 1.807) is 30.3 Å². The number of carbonyl (C=O) groups is 1. The van der Waals surface area contributed by atoms with Crippen molar-refractivity contribution in [3.63, 3.8) is 0 Å². The maximum absolute atomic E-state index is 12.1. The third kappa shape index (κ3) is 5.82. The van der Waals surface area contributed by atoms with Crippen molar-refractivity contribution in [3.8, 4) is 0 Å². The van der Waals surface area contributed by atoms with Crippen LogP contribution < -0.4 is 10.0 Å². The van der Waals surface area contributed by atoms with E-state index in [0.29, 0.717) is 0 Å². The second-order valence-electron chi connectivity index (χ2n) is 6.20. The minimum Gasteiger partial charge on any atom is -0.351 e. The van der Waals surface area contributed by atoms with E-state index >= 15 is 0 Å². The number of rotatable bonds is 7. The van der Waals surface area contributed by atoms with Gasteiger partial charge in [0.15, 0.2) is 0 Å². The molecule has 0 fully saturated rings. The number of aryl methyl sites for hydroxylation is 3. The SMILES string of the molecule is Cc1ccc(S(=O)(=O)NCCNC(=O)C=Cc2ccc(C)cc2C)cc1. The maximum Gasteiger partial charge on any atom is 0.244 e. The van der Waals surface area contributed by atoms with Crippen molar-refractivity contribution in [3.05, 3.63) is 70.8 Å². The van der Waals surface area contributed by atoms with E-state index < -0.39 is 10.0 Å². The lowest BCUT2D eigenvalue weighted by Crippen LogP contribution is -2.34. The first kappa shape index (κ1) is 19.9. The van der Waals surface area contributed by atoms with E-state index in [4.69, 9.17) is 0 Å². The Hall–Kier alpha value is -2.44. The predicted octanol–water partition coefficient (Wildman–Crippen LogP) is 2.72. The second kappa shape index (κ2) is 8.78. The smallest absolute Gasteiger partial charge is 0.244 e. The van der Waals surface area contributed by atoms with Gasteiger partial charge in [-0.3, -0.25) is 4.79 Å². The van der Waals surface area contributed by atoms with Crippen LogP contribution in [0.4, 0.5) is 0 Å². The summed E-state index contributed by atoms with van der Waals surface area (Å²) in [5, 5.41) is 2.66. The van der Waals surface area contributed by atoms with Crippen molar-refractivity contribution < 1.29 is 13.2 Å². The van der Waals surface area contributed by atoms with Gasteiger partial charge >= 0.3 is 0 Å². The van der Waals surface area contributed by atoms with Gasteiger partial charge in [0.2, 0.25) is 15.9 Å². The molecule has 2 aromatic carbocycles. The molecule has 0 unspecified atom stereocenters. The fourth-order valence-electron chi connectivity index (χ4n) is 2.41. The third-order valence-corrected chi connectivity index (χ3v) is 5.36. The molecule has 138 valence electrons. The van der Waals surface area contributed by atoms with Crippen molar-refractivity contribution in [2.24, 2.45) is 0 Å². The highest BCUT2D eigenvalue weighted by Crippen LogP contribution is 2.12. The second-order valence-corrected chi connectivity index (χ2v) is 7.96. The minimum absolute atomic E-state index is 0.124. The molecular formula is C20H24N2O3S. The van der Waals surface area contributed by atoms with Gasteiger partial charge in [0, 0.05) is 19.2 Å². The first-order valence-corrected chi connectivity index (χ1v) is 9.86. The molecule has 2 rings (SSSR count). The molecule has 0 atom stereocenters. The lowest BCUT2D eigenvalue weighted by molar-refractivity contribution is -0.116. The Morgan fingerprint density at radius 3 is 2.27 bits per heavy atom. The normalized spacial score (nSPS) is 11.7. The van der Waals surface area contributed by atoms with Gasteiger partial charge in [-0.05, 0) is 50.1 Å². The standard InChI is InChI=1S/C20H24N2O3S/c1-15-5-9-19(10-6-15)26(24,25)22-13-12-21-20(23)11-8-18-7-4-16(2)14-17(18)3/h4-11,14,22H,12-13H2,1-3H3,(H,21,23). The van der Waals surface area contributed by atoms with Gasteiger partial charge < -0.3 is 5.32 Å². The summed E-state index contributed by atoms with van der Waals surface area (Å²) in [6, 6.07) is 12.6. The summed E-state index contributed by atoms with van der Waals surface area (Å²) in [4.78, 5) is 12.1. The van der Waals surface area contributed by atoms with Gasteiger partial charge in [0.1, 0.15) is 0 Å². The molecule has 0 heterocycles. The number of carbonyl (C=O) groups excluding carboxylic acids is 1. The fourth-order valence-corrected chi connectivity index (χ4v) is 3.44. The van der Waals surface area contributed by atoms with Gasteiger partial charge in [0.25, 0.3) is 0 Å². The lowest BCUT2D eigenvalue weighted by atomic mass is 10.1. The first-order chi connectivity index (χ1) is 12.3. The van der Waals surface area contributed by atoms with Gasteiger partial charge in [-0.25, -0.2) is 13.1 Å². The predicted molar refractivity (Wildman–Crippen MR) is 104 cm³/mol. The van der Waals surface area contributed by atoms with E-state index in [-0.39, 0.29) is 23.9 Å². The Kier molecular flexibility index (Phi) is 6.71. The molecule has 1 amide bonds. The molecular weight excluding hydrogens is 348 g/mol. The van der Waals surface area contributed by atoms with Crippen LogP contribution in [0.15, 0.2) is 53.4 Å². The monoisotopic (exact) mass is 372 g/mol. The van der Waals surface area contributed by atoms with Crippen LogP contribution in [0, 0.1) is 20.8 Å². The van der Waals surface area contributed by atoms with Crippen LogP contribution in [-0.2, 0) is 14.8 Å². The minimum atomic E-state index is -3.56. The topological polar surface area (TPSA) is 75.3 Å². The summed E-state index contributed by atoms with van der Waals surface area (Å²) in [7, 11) is -3.56. The Morgan fingerprint density at radius 2 is 1.62 bits per heavy atom. The molecule has 26 heavy (non-hydrogen) atoms. The summed E-state index contributed by atoms with van der Waals surface area (Å²) < 4.78 is 26.7. The van der Waals surface area contributed by atoms with Crippen molar-refractivity contribution >= 4 is 22.0 Å². The molecule has 0 saturated carbocycles. The Balaban J connectivity index is 1.81. The van der Waals surface area contributed by atoms with Crippen molar-refractivity contribution in [1.82, 2.24) is 10.0 Å². The summed E-state index contributed by atoms with van der Waals surface area (Å²) in [6.45, 7) is 6.24. The average molecular weight is 372 g/mol. The molecule has 0 aliphatic heterocycles. The van der Waals surface area contributed by atoms with E-state index in [1.807, 2.05) is 32.9 Å². The van der Waals surface area contributed by atoms with Crippen LogP contribution in [0.5, 0.6) is 0 Å². The summed E-state index contributed by atoms with van der Waals surface area (Å²) in [5.74, 6) is -0.264. The van der Waals surface area contributed by atoms with Crippen LogP contribution in [0.3, 0.4) is 0 Å². The zero-order chi connectivity index (χ0) is 19.2. The molecule has 0 radical (unpaired) electrons. The van der Waals surface area contributed by atoms with E-state index in [1.165, 1.54) is 11.6 Å². The van der Waals surface area contributed by atoms with Crippen molar-refractivity contribution in [2.45, 2.75) is 25.7 Å². The molecule has 0 aliphatic carbocycles. The fraction of sp³-hybridized carbons (Fsp3) is 0.250. The summed E-state index contributed by atoms with van der Waals surface area (Å²) in [5.41, 5.74) is 4.24. The van der Waals surface area contributed by atoms with E-state index in [2.05, 4.69) is 16.1 Å². The zero-order valence-electron chi connectivity index (χ0n) is 15.2. The molecule has 2 N–H and O–H groups in total. The Labute approximate surface area is 155 Å². The average Bonchev–Trinajstić information content (AvgIpc) is 2.58. The zero-order valence-corrected chi connectivity index (χ0v) is 16.1. The highest BCUT2D eigenvalue weighted by atomic mass is 32.2. The molecule has 0 aromatic heterocycles. The van der Waals surface area contributed by atoms with Crippen LogP contribution >= 0.6 is 0 Å². The Morgan fingerprint density at radius 1 is 0.962 bits per heavy atom. The molecule has 0 bridgehead atoms. The number of hydrogen-bond acceptors (Lipinski definition) is 3. The van der Waals surface area contributed by atoms with Crippen LogP contribution in [0.25, 0.3) is 6.08 Å². The van der Waals surface area contributed by atoms with Crippen molar-refractivity contribution in [2.75, 3.05) is 13.1 Å². The highest BCUT2D eigenvalue weighted by molar-refractivity contribution is 7.89. The highest BCUT2D eigenvalue weighted by Gasteiger charge is 2.12. The van der Waals surface area contributed by atoms with Gasteiger partial charge in [-0.1, -0.05) is 41.5 Å². The number of amides is 1. The summed E-state index contributed by atoms with van der Waals surface area (Å²) in [6.07, 6.45) is 3.20. The van der Waals surface area contributed by atoms with Crippen molar-refractivity contribution in [1.29, 1.82) is 0 Å². The van der Waals surface area contributed by atoms with Crippen LogP contribution in [-0.4, -0.2) is 27.4 Å². The van der Waals surface area contributed by atoms with Gasteiger partial charge in [-0.15, -0.1) is 0 Å². The molecule has 0 spiro atoms. The molecule has 6 heteroatoms. The van der Waals surface area contributed by atoms with Crippen LogP contribution in [0.2, 0.25) is 0 Å². The first-order valence-electron chi connectivity index (χ1n) is 8.37. The van der Waals surface area contributed by atoms with Crippen LogP contribution in [0.1, 0.15) is 22.3 Å². The quantitative estimate of drug-likeness (QED) is 0.580.